The molecule has 0 radical (unpaired) electrons. The molecule has 5 heterocycles. The number of rotatable bonds is 4. The van der Waals surface area contributed by atoms with Crippen molar-refractivity contribution in [1.82, 2.24) is 29.4 Å². The summed E-state index contributed by atoms with van der Waals surface area (Å²) < 4.78 is 2.21. The molecule has 0 aromatic carbocycles. The number of aryl methyl sites for hydroxylation is 1. The summed E-state index contributed by atoms with van der Waals surface area (Å²) >= 11 is 0. The fourth-order valence-corrected chi connectivity index (χ4v) is 3.92. The van der Waals surface area contributed by atoms with Gasteiger partial charge in [-0.25, -0.2) is 15.0 Å². The highest BCUT2D eigenvalue weighted by atomic mass is 15.2. The molecule has 4 aromatic rings. The Morgan fingerprint density at radius 3 is 2.68 bits per heavy atom. The van der Waals surface area contributed by atoms with Gasteiger partial charge in [-0.2, -0.15) is 0 Å². The van der Waals surface area contributed by atoms with Crippen molar-refractivity contribution >= 4 is 27.9 Å². The van der Waals surface area contributed by atoms with Gasteiger partial charge in [0.05, 0.1) is 29.3 Å². The van der Waals surface area contributed by atoms with E-state index in [4.69, 9.17) is 10.7 Å². The molecule has 0 bridgehead atoms. The second-order valence-corrected chi connectivity index (χ2v) is 7.47. The predicted molar refractivity (Wildman–Crippen MR) is 111 cm³/mol. The molecule has 0 unspecified atom stereocenters. The van der Waals surface area contributed by atoms with Crippen LogP contribution in [0.15, 0.2) is 36.9 Å². The number of hydrogen-bond acceptors (Lipinski definition) is 6. The first-order valence-corrected chi connectivity index (χ1v) is 9.74. The Morgan fingerprint density at radius 1 is 1.00 bits per heavy atom. The number of imidazole rings is 1. The molecule has 0 saturated carbocycles. The number of pyridine rings is 3. The van der Waals surface area contributed by atoms with Gasteiger partial charge >= 0.3 is 0 Å². The maximum Gasteiger partial charge on any atom is 0.126 e. The second-order valence-electron chi connectivity index (χ2n) is 7.47. The van der Waals surface area contributed by atoms with Crippen LogP contribution in [0.3, 0.4) is 0 Å². The molecule has 4 aromatic heterocycles. The molecule has 142 valence electrons. The summed E-state index contributed by atoms with van der Waals surface area (Å²) in [5.41, 5.74) is 12.3. The Kier molecular flexibility index (Phi) is 4.16. The molecule has 1 fully saturated rings. The lowest BCUT2D eigenvalue weighted by molar-refractivity contribution is 0.324. The number of anilines is 1. The molecule has 0 aliphatic carbocycles. The largest absolute Gasteiger partial charge is 0.383 e. The molecule has 1 saturated heterocycles. The van der Waals surface area contributed by atoms with Gasteiger partial charge in [0.25, 0.3) is 0 Å². The van der Waals surface area contributed by atoms with Crippen molar-refractivity contribution in [3.63, 3.8) is 0 Å². The van der Waals surface area contributed by atoms with Crippen LogP contribution in [0.1, 0.15) is 18.4 Å². The third-order valence-corrected chi connectivity index (χ3v) is 5.56. The first-order chi connectivity index (χ1) is 13.7. The molecule has 1 aliphatic rings. The normalized spacial score (nSPS) is 15.0. The van der Waals surface area contributed by atoms with Gasteiger partial charge in [-0.3, -0.25) is 4.98 Å². The number of likely N-dealkylation sites (tertiary alicyclic amines) is 1. The van der Waals surface area contributed by atoms with Crippen LogP contribution in [-0.4, -0.2) is 49.0 Å². The van der Waals surface area contributed by atoms with Crippen LogP contribution in [0.5, 0.6) is 0 Å². The SMILES string of the molecule is Cc1cc(-c2ccc3ncc4ncn(CCN5CCCC5)c4c3n2)cnc1N. The maximum absolute atomic E-state index is 5.87. The van der Waals surface area contributed by atoms with Crippen LogP contribution in [0, 0.1) is 6.92 Å². The number of aromatic nitrogens is 5. The Bertz CT molecular complexity index is 1160. The first kappa shape index (κ1) is 17.1. The highest BCUT2D eigenvalue weighted by Crippen LogP contribution is 2.26. The lowest BCUT2D eigenvalue weighted by Crippen LogP contribution is -2.23. The molecule has 7 heteroatoms. The monoisotopic (exact) mass is 373 g/mol. The van der Waals surface area contributed by atoms with Gasteiger partial charge in [0.2, 0.25) is 0 Å². The minimum absolute atomic E-state index is 0.550. The van der Waals surface area contributed by atoms with Crippen molar-refractivity contribution in [2.24, 2.45) is 0 Å². The van der Waals surface area contributed by atoms with Crippen molar-refractivity contribution < 1.29 is 0 Å². The molecule has 1 aliphatic heterocycles. The number of nitrogen functional groups attached to an aromatic ring is 1. The first-order valence-electron chi connectivity index (χ1n) is 9.74. The zero-order valence-corrected chi connectivity index (χ0v) is 16.0. The number of fused-ring (bicyclic) bond motifs is 3. The molecule has 2 N–H and O–H groups in total. The van der Waals surface area contributed by atoms with Crippen molar-refractivity contribution in [3.05, 3.63) is 42.5 Å². The quantitative estimate of drug-likeness (QED) is 0.592. The molecule has 7 nitrogen and oxygen atoms in total. The van der Waals surface area contributed by atoms with E-state index < -0.39 is 0 Å². The Labute approximate surface area is 163 Å². The summed E-state index contributed by atoms with van der Waals surface area (Å²) in [7, 11) is 0. The second kappa shape index (κ2) is 6.83. The Morgan fingerprint density at radius 2 is 1.86 bits per heavy atom. The molecule has 0 amide bonds. The average Bonchev–Trinajstić information content (AvgIpc) is 3.37. The fourth-order valence-electron chi connectivity index (χ4n) is 3.92. The zero-order valence-electron chi connectivity index (χ0n) is 16.0. The predicted octanol–water partition coefficient (Wildman–Crippen LogP) is 3.03. The van der Waals surface area contributed by atoms with Crippen molar-refractivity contribution in [2.75, 3.05) is 25.4 Å². The number of nitrogens with two attached hydrogens (primary N) is 1. The molecular formula is C21H23N7. The minimum atomic E-state index is 0.550. The number of hydrogen-bond donors (Lipinski definition) is 1. The standard InChI is InChI=1S/C21H23N7/c1-14-10-15(11-24-21(14)22)16-4-5-17-19(26-16)20-18(12-23-17)25-13-28(20)9-8-27-6-2-3-7-27/h4-5,10-13H,2-3,6-9H2,1H3,(H2,22,24). The number of nitrogens with zero attached hydrogens (tertiary/aromatic N) is 6. The summed E-state index contributed by atoms with van der Waals surface area (Å²) in [4.78, 5) is 20.8. The highest BCUT2D eigenvalue weighted by molar-refractivity contribution is 6.00. The summed E-state index contributed by atoms with van der Waals surface area (Å²) in [5.74, 6) is 0.550. The van der Waals surface area contributed by atoms with E-state index in [1.54, 1.807) is 6.20 Å². The maximum atomic E-state index is 5.87. The molecule has 28 heavy (non-hydrogen) atoms. The van der Waals surface area contributed by atoms with Crippen LogP contribution in [0.25, 0.3) is 33.3 Å². The van der Waals surface area contributed by atoms with Gasteiger partial charge in [-0.1, -0.05) is 0 Å². The van der Waals surface area contributed by atoms with E-state index in [-0.39, 0.29) is 0 Å². The Hall–Kier alpha value is -3.06. The molecule has 0 atom stereocenters. The van der Waals surface area contributed by atoms with Crippen molar-refractivity contribution in [3.8, 4) is 11.3 Å². The van der Waals surface area contributed by atoms with E-state index in [1.165, 1.54) is 25.9 Å². The van der Waals surface area contributed by atoms with Crippen molar-refractivity contribution in [1.29, 1.82) is 0 Å². The average molecular weight is 373 g/mol. The zero-order chi connectivity index (χ0) is 19.1. The van der Waals surface area contributed by atoms with Gasteiger partial charge in [0, 0.05) is 24.8 Å². The van der Waals surface area contributed by atoms with E-state index in [9.17, 15) is 0 Å². The Balaban J connectivity index is 1.59. The van der Waals surface area contributed by atoms with Gasteiger partial charge < -0.3 is 15.2 Å². The third-order valence-electron chi connectivity index (χ3n) is 5.56. The topological polar surface area (TPSA) is 85.8 Å². The molecule has 0 spiro atoms. The summed E-state index contributed by atoms with van der Waals surface area (Å²) in [5, 5.41) is 0. The third kappa shape index (κ3) is 2.97. The molecular weight excluding hydrogens is 350 g/mol. The smallest absolute Gasteiger partial charge is 0.126 e. The fraction of sp³-hybridized carbons (Fsp3) is 0.333. The van der Waals surface area contributed by atoms with Crippen LogP contribution < -0.4 is 5.73 Å². The van der Waals surface area contributed by atoms with Crippen LogP contribution in [-0.2, 0) is 6.54 Å². The van der Waals surface area contributed by atoms with Crippen LogP contribution in [0.4, 0.5) is 5.82 Å². The minimum Gasteiger partial charge on any atom is -0.383 e. The van der Waals surface area contributed by atoms with Crippen LogP contribution >= 0.6 is 0 Å². The van der Waals surface area contributed by atoms with Gasteiger partial charge in [0.1, 0.15) is 16.9 Å². The van der Waals surface area contributed by atoms with E-state index in [0.29, 0.717) is 5.82 Å². The van der Waals surface area contributed by atoms with Gasteiger partial charge in [-0.15, -0.1) is 0 Å². The van der Waals surface area contributed by atoms with Gasteiger partial charge in [0.15, 0.2) is 0 Å². The van der Waals surface area contributed by atoms with E-state index >= 15 is 0 Å². The van der Waals surface area contributed by atoms with Crippen molar-refractivity contribution in [2.45, 2.75) is 26.3 Å². The summed E-state index contributed by atoms with van der Waals surface area (Å²) in [6, 6.07) is 6.02. The van der Waals surface area contributed by atoms with E-state index in [1.807, 2.05) is 37.6 Å². The highest BCUT2D eigenvalue weighted by Gasteiger charge is 2.14. The summed E-state index contributed by atoms with van der Waals surface area (Å²) in [6.07, 6.45) is 8.12. The molecule has 5 rings (SSSR count). The lowest BCUT2D eigenvalue weighted by Gasteiger charge is -2.15. The van der Waals surface area contributed by atoms with E-state index in [2.05, 4.69) is 24.4 Å². The van der Waals surface area contributed by atoms with Crippen LogP contribution in [0.2, 0.25) is 0 Å². The van der Waals surface area contributed by atoms with Gasteiger partial charge in [-0.05, 0) is 56.6 Å². The van der Waals surface area contributed by atoms with E-state index in [0.717, 1.165) is 52.0 Å². The lowest BCUT2D eigenvalue weighted by atomic mass is 10.1. The summed E-state index contributed by atoms with van der Waals surface area (Å²) in [6.45, 7) is 6.29.